The first-order valence-electron chi connectivity index (χ1n) is 6.34. The molecule has 4 nitrogen and oxygen atoms in total. The molecule has 0 aliphatic heterocycles. The van der Waals surface area contributed by atoms with Gasteiger partial charge < -0.3 is 18.9 Å². The summed E-state index contributed by atoms with van der Waals surface area (Å²) < 4.78 is 21.3. The zero-order valence-corrected chi connectivity index (χ0v) is 12.9. The van der Waals surface area contributed by atoms with Crippen molar-refractivity contribution in [3.63, 3.8) is 0 Å². The van der Waals surface area contributed by atoms with Gasteiger partial charge in [0.25, 0.3) is 4.70 Å². The van der Waals surface area contributed by atoms with E-state index in [1.165, 1.54) is 0 Å². The van der Waals surface area contributed by atoms with Crippen molar-refractivity contribution in [1.82, 2.24) is 0 Å². The van der Waals surface area contributed by atoms with Crippen molar-refractivity contribution in [1.29, 1.82) is 0 Å². The molecule has 0 bridgehead atoms. The van der Waals surface area contributed by atoms with Gasteiger partial charge >= 0.3 is 0 Å². The highest BCUT2D eigenvalue weighted by atomic mass is 79.9. The van der Waals surface area contributed by atoms with Crippen LogP contribution in [0.5, 0.6) is 0 Å². The molecule has 0 heterocycles. The molecule has 104 valence electrons. The molecular weight excluding hydrogens is 288 g/mol. The van der Waals surface area contributed by atoms with Crippen LogP contribution in [0.25, 0.3) is 0 Å². The van der Waals surface area contributed by atoms with Crippen molar-refractivity contribution >= 4 is 15.9 Å². The second kappa shape index (κ2) is 10.3. The lowest BCUT2D eigenvalue weighted by atomic mass is 10.4. The van der Waals surface area contributed by atoms with Crippen molar-refractivity contribution in [2.45, 2.75) is 51.5 Å². The SMILES string of the molecule is CCCCOC(Br)(OCC)C(OCC)OCC. The molecule has 0 aliphatic rings. The summed E-state index contributed by atoms with van der Waals surface area (Å²) in [7, 11) is 0. The Morgan fingerprint density at radius 1 is 0.941 bits per heavy atom. The van der Waals surface area contributed by atoms with Gasteiger partial charge in [-0.2, -0.15) is 0 Å². The quantitative estimate of drug-likeness (QED) is 0.333. The van der Waals surface area contributed by atoms with E-state index in [9.17, 15) is 0 Å². The molecule has 1 unspecified atom stereocenters. The predicted molar refractivity (Wildman–Crippen MR) is 71.2 cm³/mol. The lowest BCUT2D eigenvalue weighted by Crippen LogP contribution is -2.45. The minimum absolute atomic E-state index is 0.522. The summed E-state index contributed by atoms with van der Waals surface area (Å²) in [5.74, 6) is 0. The first-order valence-corrected chi connectivity index (χ1v) is 7.13. The zero-order valence-electron chi connectivity index (χ0n) is 11.3. The third-order valence-corrected chi connectivity index (χ3v) is 2.89. The molecule has 0 saturated carbocycles. The molecule has 0 aliphatic carbocycles. The maximum Gasteiger partial charge on any atom is 0.279 e. The summed E-state index contributed by atoms with van der Waals surface area (Å²) in [6.07, 6.45) is 1.49. The molecule has 0 aromatic heterocycles. The summed E-state index contributed by atoms with van der Waals surface area (Å²) in [5, 5.41) is 0. The zero-order chi connectivity index (χ0) is 13.1. The smallest absolute Gasteiger partial charge is 0.279 e. The van der Waals surface area contributed by atoms with Crippen LogP contribution in [0.3, 0.4) is 0 Å². The summed E-state index contributed by atoms with van der Waals surface area (Å²) in [6.45, 7) is 10.1. The van der Waals surface area contributed by atoms with Crippen LogP contribution >= 0.6 is 15.9 Å². The van der Waals surface area contributed by atoms with Crippen LogP contribution in [-0.2, 0) is 18.9 Å². The fourth-order valence-corrected chi connectivity index (χ4v) is 1.94. The van der Waals surface area contributed by atoms with E-state index in [4.69, 9.17) is 18.9 Å². The third-order valence-electron chi connectivity index (χ3n) is 2.06. The van der Waals surface area contributed by atoms with Crippen molar-refractivity contribution in [3.8, 4) is 0 Å². The van der Waals surface area contributed by atoms with Crippen LogP contribution in [-0.4, -0.2) is 37.4 Å². The van der Waals surface area contributed by atoms with E-state index >= 15 is 0 Å². The number of unbranched alkanes of at least 4 members (excludes halogenated alkanes) is 1. The van der Waals surface area contributed by atoms with Crippen LogP contribution in [0.2, 0.25) is 0 Å². The Morgan fingerprint density at radius 3 is 1.94 bits per heavy atom. The monoisotopic (exact) mass is 312 g/mol. The predicted octanol–water partition coefficient (Wildman–Crippen LogP) is 3.29. The van der Waals surface area contributed by atoms with Crippen LogP contribution < -0.4 is 0 Å². The summed E-state index contributed by atoms with van der Waals surface area (Å²) in [4.78, 5) is 0. The number of hydrogen-bond donors (Lipinski definition) is 0. The van der Waals surface area contributed by atoms with E-state index in [1.807, 2.05) is 20.8 Å². The Balaban J connectivity index is 4.47. The minimum Gasteiger partial charge on any atom is -0.347 e. The Labute approximate surface area is 113 Å². The van der Waals surface area contributed by atoms with Gasteiger partial charge in [0.15, 0.2) is 0 Å². The molecule has 0 rings (SSSR count). The number of alkyl halides is 1. The van der Waals surface area contributed by atoms with Gasteiger partial charge in [-0.15, -0.1) is 0 Å². The van der Waals surface area contributed by atoms with E-state index in [-0.39, 0.29) is 0 Å². The Hall–Kier alpha value is 0.320. The van der Waals surface area contributed by atoms with E-state index in [0.29, 0.717) is 26.4 Å². The fourth-order valence-electron chi connectivity index (χ4n) is 1.28. The Morgan fingerprint density at radius 2 is 1.53 bits per heavy atom. The number of rotatable bonds is 11. The Kier molecular flexibility index (Phi) is 10.5. The molecule has 0 aromatic rings. The number of ether oxygens (including phenoxy) is 4. The highest BCUT2D eigenvalue weighted by Crippen LogP contribution is 2.29. The van der Waals surface area contributed by atoms with Crippen LogP contribution in [0.15, 0.2) is 0 Å². The van der Waals surface area contributed by atoms with Crippen LogP contribution in [0.1, 0.15) is 40.5 Å². The molecule has 0 saturated heterocycles. The molecule has 0 N–H and O–H groups in total. The van der Waals surface area contributed by atoms with Gasteiger partial charge in [-0.05, 0) is 43.1 Å². The minimum atomic E-state index is -1.01. The van der Waals surface area contributed by atoms with Gasteiger partial charge in [0.05, 0.1) is 6.61 Å². The first kappa shape index (κ1) is 17.3. The van der Waals surface area contributed by atoms with E-state index in [0.717, 1.165) is 12.8 Å². The maximum atomic E-state index is 5.72. The molecule has 1 atom stereocenters. The van der Waals surface area contributed by atoms with E-state index < -0.39 is 11.0 Å². The Bertz CT molecular complexity index is 174. The summed E-state index contributed by atoms with van der Waals surface area (Å²) >= 11 is 3.45. The molecular formula is C12H25BrO4. The van der Waals surface area contributed by atoms with E-state index in [1.54, 1.807) is 0 Å². The number of hydrogen-bond acceptors (Lipinski definition) is 4. The average Bonchev–Trinajstić information content (AvgIpc) is 2.29. The topological polar surface area (TPSA) is 36.9 Å². The highest BCUT2D eigenvalue weighted by Gasteiger charge is 2.40. The average molecular weight is 313 g/mol. The lowest BCUT2D eigenvalue weighted by molar-refractivity contribution is -0.299. The molecule has 0 aromatic carbocycles. The molecule has 0 fully saturated rings. The second-order valence-electron chi connectivity index (χ2n) is 3.46. The van der Waals surface area contributed by atoms with Gasteiger partial charge in [0, 0.05) is 19.8 Å². The summed E-state index contributed by atoms with van der Waals surface area (Å²) in [5.41, 5.74) is 0. The standard InChI is InChI=1S/C12H25BrO4/c1-5-9-10-17-12(13,16-8-4)11(14-6-2)15-7-3/h11H,5-10H2,1-4H3. The van der Waals surface area contributed by atoms with Gasteiger partial charge in [0.1, 0.15) is 0 Å². The van der Waals surface area contributed by atoms with Gasteiger partial charge in [-0.25, -0.2) is 0 Å². The van der Waals surface area contributed by atoms with Crippen LogP contribution in [0, 0.1) is 0 Å². The van der Waals surface area contributed by atoms with Gasteiger partial charge in [0.2, 0.25) is 6.29 Å². The van der Waals surface area contributed by atoms with Crippen molar-refractivity contribution in [3.05, 3.63) is 0 Å². The number of halogens is 1. The first-order chi connectivity index (χ1) is 8.14. The molecule has 17 heavy (non-hydrogen) atoms. The summed E-state index contributed by atoms with van der Waals surface area (Å²) in [6, 6.07) is 0. The van der Waals surface area contributed by atoms with E-state index in [2.05, 4.69) is 22.9 Å². The van der Waals surface area contributed by atoms with Crippen molar-refractivity contribution in [2.24, 2.45) is 0 Å². The molecule has 0 amide bonds. The van der Waals surface area contributed by atoms with Crippen molar-refractivity contribution < 1.29 is 18.9 Å². The van der Waals surface area contributed by atoms with Crippen molar-refractivity contribution in [2.75, 3.05) is 26.4 Å². The lowest BCUT2D eigenvalue weighted by Gasteiger charge is -2.34. The normalized spacial score (nSPS) is 15.2. The van der Waals surface area contributed by atoms with Gasteiger partial charge in [-0.1, -0.05) is 13.3 Å². The molecule has 0 spiro atoms. The second-order valence-corrected chi connectivity index (χ2v) is 4.57. The van der Waals surface area contributed by atoms with Crippen LogP contribution in [0.4, 0.5) is 0 Å². The fraction of sp³-hybridized carbons (Fsp3) is 1.00. The highest BCUT2D eigenvalue weighted by molar-refractivity contribution is 9.10. The third kappa shape index (κ3) is 6.72. The maximum absolute atomic E-state index is 5.72. The van der Waals surface area contributed by atoms with Gasteiger partial charge in [-0.3, -0.25) is 0 Å². The largest absolute Gasteiger partial charge is 0.347 e. The molecule has 5 heteroatoms. The molecule has 0 radical (unpaired) electrons.